The molecule has 0 aliphatic heterocycles. The van der Waals surface area contributed by atoms with Crippen LogP contribution in [0.3, 0.4) is 0 Å². The minimum absolute atomic E-state index is 0.369. The third kappa shape index (κ3) is 2.41. The van der Waals surface area contributed by atoms with E-state index in [0.29, 0.717) is 12.1 Å². The van der Waals surface area contributed by atoms with E-state index in [9.17, 15) is 0 Å². The number of nitrogens with one attached hydrogen (secondary N) is 1. The van der Waals surface area contributed by atoms with E-state index in [1.54, 1.807) is 0 Å². The maximum atomic E-state index is 5.58. The van der Waals surface area contributed by atoms with Gasteiger partial charge < -0.3 is 9.73 Å². The molecule has 2 atom stereocenters. The van der Waals surface area contributed by atoms with Crippen molar-refractivity contribution in [2.24, 2.45) is 0 Å². The summed E-state index contributed by atoms with van der Waals surface area (Å²) in [5, 5.41) is 5.13. The summed E-state index contributed by atoms with van der Waals surface area (Å²) in [7, 11) is 0. The Morgan fingerprint density at radius 1 is 1.29 bits per heavy atom. The van der Waals surface area contributed by atoms with Gasteiger partial charge in [-0.05, 0) is 43.4 Å². The Hall–Kier alpha value is -1.58. The fraction of sp³-hybridized carbons (Fsp3) is 0.333. The smallest absolute Gasteiger partial charge is 0.108 e. The third-order valence-electron chi connectivity index (χ3n) is 4.37. The topological polar surface area (TPSA) is 25.2 Å². The van der Waals surface area contributed by atoms with Crippen molar-refractivity contribution >= 4 is 21.4 Å². The van der Waals surface area contributed by atoms with Crippen molar-refractivity contribution < 1.29 is 4.42 Å². The maximum Gasteiger partial charge on any atom is 0.108 e. The summed E-state index contributed by atoms with van der Waals surface area (Å²) in [5.74, 6) is 1.17. The van der Waals surface area contributed by atoms with Crippen LogP contribution in [0.4, 0.5) is 0 Å². The number of hydrogen-bond acceptors (Lipinski definition) is 3. The van der Waals surface area contributed by atoms with Crippen LogP contribution in [0.1, 0.15) is 48.0 Å². The summed E-state index contributed by atoms with van der Waals surface area (Å²) in [6.45, 7) is 2.26. The van der Waals surface area contributed by atoms with E-state index in [0.717, 1.165) is 6.42 Å². The van der Waals surface area contributed by atoms with E-state index in [4.69, 9.17) is 4.42 Å². The molecule has 4 rings (SSSR count). The van der Waals surface area contributed by atoms with Crippen LogP contribution in [0.25, 0.3) is 10.1 Å². The Balaban J connectivity index is 1.57. The molecule has 3 aromatic rings. The van der Waals surface area contributed by atoms with Gasteiger partial charge in [-0.1, -0.05) is 18.2 Å². The van der Waals surface area contributed by atoms with Gasteiger partial charge in [0, 0.05) is 33.6 Å². The molecule has 1 aromatic carbocycles. The highest BCUT2D eigenvalue weighted by Crippen LogP contribution is 2.35. The average molecular weight is 297 g/mol. The van der Waals surface area contributed by atoms with Crippen LogP contribution in [-0.4, -0.2) is 0 Å². The van der Waals surface area contributed by atoms with Crippen LogP contribution in [0.15, 0.2) is 47.1 Å². The van der Waals surface area contributed by atoms with E-state index >= 15 is 0 Å². The molecule has 0 bridgehead atoms. The molecule has 0 fully saturated rings. The summed E-state index contributed by atoms with van der Waals surface area (Å²) in [5.41, 5.74) is 1.36. The number of furan rings is 1. The number of fused-ring (bicyclic) bond motifs is 2. The molecular formula is C18H19NOS. The van der Waals surface area contributed by atoms with Gasteiger partial charge in [0.25, 0.3) is 0 Å². The van der Waals surface area contributed by atoms with Gasteiger partial charge in [-0.15, -0.1) is 11.3 Å². The molecule has 108 valence electrons. The van der Waals surface area contributed by atoms with Crippen LogP contribution in [0, 0.1) is 0 Å². The first-order valence-electron chi connectivity index (χ1n) is 7.62. The van der Waals surface area contributed by atoms with Gasteiger partial charge in [-0.25, -0.2) is 0 Å². The molecule has 2 aromatic heterocycles. The lowest BCUT2D eigenvalue weighted by molar-refractivity contribution is 0.387. The van der Waals surface area contributed by atoms with Crippen molar-refractivity contribution in [1.29, 1.82) is 0 Å². The number of aryl methyl sites for hydroxylation is 1. The second-order valence-corrected chi connectivity index (χ2v) is 6.93. The Kier molecular flexibility index (Phi) is 3.32. The normalized spacial score (nSPS) is 19.6. The molecule has 2 heterocycles. The largest absolute Gasteiger partial charge is 0.469 e. The molecule has 1 aliphatic rings. The lowest BCUT2D eigenvalue weighted by Gasteiger charge is -2.26. The molecule has 2 unspecified atom stereocenters. The van der Waals surface area contributed by atoms with Gasteiger partial charge in [0.05, 0.1) is 6.26 Å². The fourth-order valence-electron chi connectivity index (χ4n) is 3.26. The molecule has 0 radical (unpaired) electrons. The Morgan fingerprint density at radius 3 is 3.10 bits per heavy atom. The SMILES string of the molecule is CC(NC1CCCc2occc21)c1cc2ccccc2s1. The van der Waals surface area contributed by atoms with E-state index in [1.165, 1.54) is 39.1 Å². The number of hydrogen-bond donors (Lipinski definition) is 1. The Labute approximate surface area is 128 Å². The van der Waals surface area contributed by atoms with Crippen molar-refractivity contribution in [2.75, 3.05) is 0 Å². The first-order chi connectivity index (χ1) is 10.3. The minimum atomic E-state index is 0.369. The number of rotatable bonds is 3. The third-order valence-corrected chi connectivity index (χ3v) is 5.67. The standard InChI is InChI=1S/C18H19NOS/c1-12(18-11-13-5-2-3-8-17(13)21-18)19-15-6-4-7-16-14(15)9-10-20-16/h2-3,5,8-12,15,19H,4,6-7H2,1H3. The van der Waals surface area contributed by atoms with Gasteiger partial charge in [0.15, 0.2) is 0 Å². The molecule has 0 amide bonds. The maximum absolute atomic E-state index is 5.58. The van der Waals surface area contributed by atoms with Crippen molar-refractivity contribution in [3.05, 3.63) is 58.9 Å². The zero-order valence-corrected chi connectivity index (χ0v) is 13.0. The summed E-state index contributed by atoms with van der Waals surface area (Å²) in [4.78, 5) is 1.41. The van der Waals surface area contributed by atoms with Crippen molar-refractivity contribution in [2.45, 2.75) is 38.3 Å². The van der Waals surface area contributed by atoms with E-state index < -0.39 is 0 Å². The monoisotopic (exact) mass is 297 g/mol. The van der Waals surface area contributed by atoms with Gasteiger partial charge in [-0.2, -0.15) is 0 Å². The second kappa shape index (κ2) is 5.32. The number of thiophene rings is 1. The van der Waals surface area contributed by atoms with E-state index in [1.807, 2.05) is 17.6 Å². The summed E-state index contributed by atoms with van der Waals surface area (Å²) in [6, 6.07) is 13.8. The highest BCUT2D eigenvalue weighted by atomic mass is 32.1. The van der Waals surface area contributed by atoms with Gasteiger partial charge in [0.1, 0.15) is 5.76 Å². The average Bonchev–Trinajstić information content (AvgIpc) is 3.14. The molecule has 0 saturated heterocycles. The molecule has 0 spiro atoms. The van der Waals surface area contributed by atoms with Crippen LogP contribution >= 0.6 is 11.3 Å². The predicted molar refractivity (Wildman–Crippen MR) is 87.8 cm³/mol. The second-order valence-electron chi connectivity index (χ2n) is 5.82. The van der Waals surface area contributed by atoms with Gasteiger partial charge in [0.2, 0.25) is 0 Å². The summed E-state index contributed by atoms with van der Waals surface area (Å²) < 4.78 is 6.95. The Morgan fingerprint density at radius 2 is 2.19 bits per heavy atom. The first kappa shape index (κ1) is 13.1. The molecule has 1 N–H and O–H groups in total. The number of benzene rings is 1. The van der Waals surface area contributed by atoms with Crippen LogP contribution < -0.4 is 5.32 Å². The predicted octanol–water partition coefficient (Wildman–Crippen LogP) is 5.22. The molecule has 0 saturated carbocycles. The lowest BCUT2D eigenvalue weighted by Crippen LogP contribution is -2.26. The summed E-state index contributed by atoms with van der Waals surface area (Å²) in [6.07, 6.45) is 5.31. The summed E-state index contributed by atoms with van der Waals surface area (Å²) >= 11 is 1.89. The Bertz CT molecular complexity index is 724. The van der Waals surface area contributed by atoms with Crippen molar-refractivity contribution in [1.82, 2.24) is 5.32 Å². The fourth-order valence-corrected chi connectivity index (χ4v) is 4.34. The van der Waals surface area contributed by atoms with Crippen LogP contribution in [-0.2, 0) is 6.42 Å². The lowest BCUT2D eigenvalue weighted by atomic mass is 9.93. The van der Waals surface area contributed by atoms with E-state index in [-0.39, 0.29) is 0 Å². The zero-order valence-electron chi connectivity index (χ0n) is 12.1. The molecule has 2 nitrogen and oxygen atoms in total. The molecular weight excluding hydrogens is 278 g/mol. The first-order valence-corrected chi connectivity index (χ1v) is 8.44. The zero-order chi connectivity index (χ0) is 14.2. The van der Waals surface area contributed by atoms with Gasteiger partial charge in [-0.3, -0.25) is 0 Å². The van der Waals surface area contributed by atoms with E-state index in [2.05, 4.69) is 48.6 Å². The quantitative estimate of drug-likeness (QED) is 0.716. The molecule has 21 heavy (non-hydrogen) atoms. The molecule has 1 aliphatic carbocycles. The van der Waals surface area contributed by atoms with Crippen LogP contribution in [0.5, 0.6) is 0 Å². The van der Waals surface area contributed by atoms with Crippen molar-refractivity contribution in [3.8, 4) is 0 Å². The van der Waals surface area contributed by atoms with Crippen LogP contribution in [0.2, 0.25) is 0 Å². The highest BCUT2D eigenvalue weighted by molar-refractivity contribution is 7.19. The van der Waals surface area contributed by atoms with Crippen molar-refractivity contribution in [3.63, 3.8) is 0 Å². The van der Waals surface area contributed by atoms with Gasteiger partial charge >= 0.3 is 0 Å². The molecule has 3 heteroatoms. The minimum Gasteiger partial charge on any atom is -0.469 e. The highest BCUT2D eigenvalue weighted by Gasteiger charge is 2.24.